The second kappa shape index (κ2) is 40.8. The predicted molar refractivity (Wildman–Crippen MR) is 230 cm³/mol. The number of carbonyl (C=O) groups excluding carboxylic acids is 1. The summed E-state index contributed by atoms with van der Waals surface area (Å²) in [5, 5.41) is 2.86. The van der Waals surface area contributed by atoms with E-state index in [1.165, 1.54) is 18.2 Å². The Hall–Kier alpha value is -2.69. The van der Waals surface area contributed by atoms with E-state index in [2.05, 4.69) is 5.32 Å². The van der Waals surface area contributed by atoms with Crippen LogP contribution in [-0.2, 0) is 67.8 Å². The minimum absolute atomic E-state index is 0.00521. The van der Waals surface area contributed by atoms with Crippen LogP contribution < -0.4 is 5.32 Å². The van der Waals surface area contributed by atoms with Crippen molar-refractivity contribution in [3.05, 3.63) is 59.7 Å². The average molecular weight is 928 g/mol. The molecule has 0 unspecified atom stereocenters. The fourth-order valence-corrected chi connectivity index (χ4v) is 5.33. The molecule has 0 amide bonds. The lowest BCUT2D eigenvalue weighted by atomic mass is 10.1. The van der Waals surface area contributed by atoms with E-state index >= 15 is 0 Å². The highest BCUT2D eigenvalue weighted by molar-refractivity contribution is 6.17. The van der Waals surface area contributed by atoms with Gasteiger partial charge in [0.1, 0.15) is 6.61 Å². The van der Waals surface area contributed by atoms with Crippen LogP contribution in [0.25, 0.3) is 0 Å². The van der Waals surface area contributed by atoms with Crippen molar-refractivity contribution in [3.63, 3.8) is 0 Å². The van der Waals surface area contributed by atoms with Crippen LogP contribution in [0.1, 0.15) is 41.6 Å². The molecule has 0 bridgehead atoms. The van der Waals surface area contributed by atoms with E-state index in [1.54, 1.807) is 18.2 Å². The van der Waals surface area contributed by atoms with Gasteiger partial charge in [-0.2, -0.15) is 13.2 Å². The highest BCUT2D eigenvalue weighted by Gasteiger charge is 2.30. The number of anilines is 2. The number of rotatable bonds is 45. The molecule has 0 aromatic heterocycles. The Morgan fingerprint density at radius 1 is 0.444 bits per heavy atom. The molecule has 0 aliphatic rings. The maximum absolute atomic E-state index is 13.1. The molecule has 0 saturated heterocycles. The summed E-state index contributed by atoms with van der Waals surface area (Å²) in [7, 11) is 0. The number of unbranched alkanes of at least 4 members (excludes halogenated alkanes) is 3. The zero-order chi connectivity index (χ0) is 45.2. The number of benzene rings is 2. The van der Waals surface area contributed by atoms with Crippen molar-refractivity contribution in [2.24, 2.45) is 0 Å². The second-order valence-electron chi connectivity index (χ2n) is 13.3. The van der Waals surface area contributed by atoms with Crippen LogP contribution in [0.4, 0.5) is 24.5 Å². The molecule has 0 heterocycles. The number of hydrogen-bond acceptors (Lipinski definition) is 15. The molecule has 2 rings (SSSR count). The lowest BCUT2D eigenvalue weighted by Crippen LogP contribution is -2.16. The predicted octanol–water partition coefficient (Wildman–Crippen LogP) is 6.60. The molecule has 0 atom stereocenters. The third kappa shape index (κ3) is 33.5. The molecule has 63 heavy (non-hydrogen) atoms. The number of para-hydroxylation sites is 1. The standard InChI is InChI=1S/C44H69ClF3NO14/c45-12-5-1-2-6-13-51-14-15-52-16-17-53-18-19-54-20-21-55-22-23-56-24-25-57-26-27-58-28-29-59-30-31-60-32-33-61-34-35-62-36-37-63-43(50)41-10-3-4-11-42(41)49-40-9-7-8-39(38-40)44(46,47)48/h3-4,7-11,38,49H,1-2,5-6,12-37H2. The second-order valence-corrected chi connectivity index (χ2v) is 13.7. The van der Waals surface area contributed by atoms with Crippen LogP contribution in [0, 0.1) is 0 Å². The summed E-state index contributed by atoms with van der Waals surface area (Å²) in [5.41, 5.74) is -0.0983. The Bertz CT molecular complexity index is 1350. The minimum atomic E-state index is -4.48. The van der Waals surface area contributed by atoms with E-state index in [9.17, 15) is 18.0 Å². The fraction of sp³-hybridized carbons (Fsp3) is 0.705. The summed E-state index contributed by atoms with van der Waals surface area (Å²) < 4.78 is 110. The summed E-state index contributed by atoms with van der Waals surface area (Å²) in [4.78, 5) is 12.6. The molecular formula is C44H69ClF3NO14. The zero-order valence-electron chi connectivity index (χ0n) is 36.6. The molecule has 0 fully saturated rings. The van der Waals surface area contributed by atoms with Crippen LogP contribution in [-0.4, -0.2) is 177 Å². The Morgan fingerprint density at radius 3 is 1.21 bits per heavy atom. The number of nitrogens with one attached hydrogen (secondary N) is 1. The molecule has 362 valence electrons. The molecule has 19 heteroatoms. The number of ether oxygens (including phenoxy) is 13. The lowest BCUT2D eigenvalue weighted by molar-refractivity contribution is -0.137. The van der Waals surface area contributed by atoms with Crippen molar-refractivity contribution in [2.75, 3.05) is 176 Å². The summed E-state index contributed by atoms with van der Waals surface area (Å²) in [6.07, 6.45) is -0.0359. The summed E-state index contributed by atoms with van der Waals surface area (Å²) in [6, 6.07) is 11.1. The van der Waals surface area contributed by atoms with Gasteiger partial charge in [-0.05, 0) is 43.2 Å². The van der Waals surface area contributed by atoms with Crippen molar-refractivity contribution in [1.29, 1.82) is 0 Å². The van der Waals surface area contributed by atoms with Gasteiger partial charge >= 0.3 is 12.1 Å². The van der Waals surface area contributed by atoms with Crippen molar-refractivity contribution < 1.29 is 79.5 Å². The fourth-order valence-electron chi connectivity index (χ4n) is 5.14. The number of carbonyl (C=O) groups is 1. The highest BCUT2D eigenvalue weighted by atomic mass is 35.5. The van der Waals surface area contributed by atoms with E-state index in [0.717, 1.165) is 50.3 Å². The van der Waals surface area contributed by atoms with Gasteiger partial charge in [-0.25, -0.2) is 4.79 Å². The van der Waals surface area contributed by atoms with Crippen LogP contribution in [0.3, 0.4) is 0 Å². The Morgan fingerprint density at radius 2 is 0.810 bits per heavy atom. The largest absolute Gasteiger partial charge is 0.460 e. The first-order valence-electron chi connectivity index (χ1n) is 21.6. The molecule has 0 aliphatic heterocycles. The van der Waals surface area contributed by atoms with Crippen molar-refractivity contribution >= 4 is 28.9 Å². The van der Waals surface area contributed by atoms with Crippen molar-refractivity contribution in [3.8, 4) is 0 Å². The van der Waals surface area contributed by atoms with Crippen LogP contribution >= 0.6 is 11.6 Å². The van der Waals surface area contributed by atoms with Gasteiger partial charge in [0, 0.05) is 18.2 Å². The number of esters is 1. The first-order valence-corrected chi connectivity index (χ1v) is 22.1. The third-order valence-electron chi connectivity index (χ3n) is 8.34. The smallest absolute Gasteiger partial charge is 0.416 e. The molecule has 0 aliphatic carbocycles. The van der Waals surface area contributed by atoms with E-state index in [4.69, 9.17) is 73.2 Å². The molecule has 0 radical (unpaired) electrons. The van der Waals surface area contributed by atoms with E-state index < -0.39 is 17.7 Å². The van der Waals surface area contributed by atoms with Gasteiger partial charge in [0.05, 0.1) is 169 Å². The molecule has 0 saturated carbocycles. The Balaban J connectivity index is 1.22. The van der Waals surface area contributed by atoms with Gasteiger partial charge in [-0.1, -0.05) is 31.0 Å². The summed E-state index contributed by atoms with van der Waals surface area (Å²) in [6.45, 7) is 11.1. The van der Waals surface area contributed by atoms with Gasteiger partial charge in [0.25, 0.3) is 0 Å². The maximum Gasteiger partial charge on any atom is 0.416 e. The topological polar surface area (TPSA) is 149 Å². The molecule has 2 aromatic carbocycles. The Kier molecular flexibility index (Phi) is 36.5. The first-order chi connectivity index (χ1) is 30.9. The van der Waals surface area contributed by atoms with Gasteiger partial charge in [0.2, 0.25) is 0 Å². The van der Waals surface area contributed by atoms with Crippen molar-refractivity contribution in [1.82, 2.24) is 0 Å². The van der Waals surface area contributed by atoms with Gasteiger partial charge < -0.3 is 66.9 Å². The first kappa shape index (κ1) is 56.4. The van der Waals surface area contributed by atoms with E-state index in [-0.39, 0.29) is 24.5 Å². The molecule has 2 aromatic rings. The molecule has 0 spiro atoms. The molecule has 1 N–H and O–H groups in total. The summed E-state index contributed by atoms with van der Waals surface area (Å²) >= 11 is 5.66. The lowest BCUT2D eigenvalue weighted by Gasteiger charge is -2.13. The average Bonchev–Trinajstić information content (AvgIpc) is 3.28. The van der Waals surface area contributed by atoms with Gasteiger partial charge in [-0.3, -0.25) is 0 Å². The van der Waals surface area contributed by atoms with Gasteiger partial charge in [-0.15, -0.1) is 11.6 Å². The monoisotopic (exact) mass is 927 g/mol. The minimum Gasteiger partial charge on any atom is -0.460 e. The number of halogens is 4. The SMILES string of the molecule is O=C(OCCOCCOCCOCCOCCOCCOCCOCCOCCOCCOCCOCCOCCCCCCCl)c1ccccc1Nc1cccc(C(F)(F)F)c1. The van der Waals surface area contributed by atoms with Gasteiger partial charge in [0.15, 0.2) is 0 Å². The highest BCUT2D eigenvalue weighted by Crippen LogP contribution is 2.32. The quantitative estimate of drug-likeness (QED) is 0.0432. The van der Waals surface area contributed by atoms with E-state index in [0.29, 0.717) is 151 Å². The van der Waals surface area contributed by atoms with Crippen LogP contribution in [0.2, 0.25) is 0 Å². The zero-order valence-corrected chi connectivity index (χ0v) is 37.3. The van der Waals surface area contributed by atoms with E-state index in [1.807, 2.05) is 0 Å². The van der Waals surface area contributed by atoms with Crippen molar-refractivity contribution in [2.45, 2.75) is 31.9 Å². The Labute approximate surface area is 375 Å². The molecular weight excluding hydrogens is 859 g/mol. The normalized spacial score (nSPS) is 11.7. The van der Waals surface area contributed by atoms with Crippen LogP contribution in [0.5, 0.6) is 0 Å². The maximum atomic E-state index is 13.1. The van der Waals surface area contributed by atoms with Crippen LogP contribution in [0.15, 0.2) is 48.5 Å². The number of hydrogen-bond donors (Lipinski definition) is 1. The third-order valence-corrected chi connectivity index (χ3v) is 8.61. The summed E-state index contributed by atoms with van der Waals surface area (Å²) in [5.74, 6) is 0.101. The number of alkyl halides is 4. The molecule has 15 nitrogen and oxygen atoms in total.